The van der Waals surface area contributed by atoms with Crippen LogP contribution in [0.5, 0.6) is 0 Å². The molecule has 1 aliphatic rings. The standard InChI is InChI=1S/C15H21FN4O2S2/c1-17-24(21,22)18-9-10-2-5-12(6-3-10)19-15-20-13-7-4-11(16)8-14(13)23-15/h4,7-8,10,12,17-18H,2-3,5-6,9H2,1H3,(H,19,20). The lowest BCUT2D eigenvalue weighted by molar-refractivity contribution is 0.337. The van der Waals surface area contributed by atoms with Gasteiger partial charge >= 0.3 is 0 Å². The van der Waals surface area contributed by atoms with E-state index in [2.05, 4.69) is 19.7 Å². The number of halogens is 1. The monoisotopic (exact) mass is 372 g/mol. The van der Waals surface area contributed by atoms with Gasteiger partial charge in [-0.25, -0.2) is 18.8 Å². The van der Waals surface area contributed by atoms with Gasteiger partial charge in [0.15, 0.2) is 5.13 Å². The van der Waals surface area contributed by atoms with E-state index in [0.29, 0.717) is 18.5 Å². The largest absolute Gasteiger partial charge is 0.359 e. The molecule has 6 nitrogen and oxygen atoms in total. The van der Waals surface area contributed by atoms with Crippen molar-refractivity contribution in [1.82, 2.24) is 14.4 Å². The highest BCUT2D eigenvalue weighted by Crippen LogP contribution is 2.30. The molecule has 0 unspecified atom stereocenters. The average molecular weight is 372 g/mol. The van der Waals surface area contributed by atoms with E-state index in [4.69, 9.17) is 0 Å². The van der Waals surface area contributed by atoms with E-state index >= 15 is 0 Å². The summed E-state index contributed by atoms with van der Waals surface area (Å²) in [6.07, 6.45) is 3.86. The Balaban J connectivity index is 1.51. The fraction of sp³-hybridized carbons (Fsp3) is 0.533. The quantitative estimate of drug-likeness (QED) is 0.727. The van der Waals surface area contributed by atoms with Crippen LogP contribution in [0.3, 0.4) is 0 Å². The number of benzene rings is 1. The predicted molar refractivity (Wildman–Crippen MR) is 94.9 cm³/mol. The highest BCUT2D eigenvalue weighted by atomic mass is 32.2. The Kier molecular flexibility index (Phi) is 5.33. The van der Waals surface area contributed by atoms with Crippen molar-refractivity contribution in [1.29, 1.82) is 0 Å². The topological polar surface area (TPSA) is 83.1 Å². The second kappa shape index (κ2) is 7.30. The molecule has 3 N–H and O–H groups in total. The number of fused-ring (bicyclic) bond motifs is 1. The maximum absolute atomic E-state index is 13.2. The minimum absolute atomic E-state index is 0.248. The summed E-state index contributed by atoms with van der Waals surface area (Å²) >= 11 is 1.46. The minimum atomic E-state index is -3.35. The molecule has 1 aliphatic carbocycles. The van der Waals surface area contributed by atoms with E-state index in [1.54, 1.807) is 6.07 Å². The Morgan fingerprint density at radius 1 is 1.29 bits per heavy atom. The number of thiazole rings is 1. The lowest BCUT2D eigenvalue weighted by Crippen LogP contribution is -2.38. The summed E-state index contributed by atoms with van der Waals surface area (Å²) < 4.78 is 41.7. The summed E-state index contributed by atoms with van der Waals surface area (Å²) in [6, 6.07) is 4.94. The minimum Gasteiger partial charge on any atom is -0.359 e. The van der Waals surface area contributed by atoms with Crippen molar-refractivity contribution < 1.29 is 12.8 Å². The summed E-state index contributed by atoms with van der Waals surface area (Å²) in [7, 11) is -1.96. The van der Waals surface area contributed by atoms with Crippen LogP contribution in [0.15, 0.2) is 18.2 Å². The van der Waals surface area contributed by atoms with Crippen molar-refractivity contribution in [3.63, 3.8) is 0 Å². The molecule has 0 bridgehead atoms. The van der Waals surface area contributed by atoms with Crippen molar-refractivity contribution in [3.8, 4) is 0 Å². The first-order valence-electron chi connectivity index (χ1n) is 7.96. The lowest BCUT2D eigenvalue weighted by Gasteiger charge is -2.29. The van der Waals surface area contributed by atoms with Gasteiger partial charge in [-0.1, -0.05) is 11.3 Å². The first kappa shape index (κ1) is 17.5. The van der Waals surface area contributed by atoms with Crippen LogP contribution in [0.2, 0.25) is 0 Å². The van der Waals surface area contributed by atoms with Crippen molar-refractivity contribution in [2.75, 3.05) is 18.9 Å². The Hall–Kier alpha value is -1.29. The second-order valence-electron chi connectivity index (χ2n) is 6.05. The normalized spacial score (nSPS) is 21.9. The van der Waals surface area contributed by atoms with Gasteiger partial charge in [-0.2, -0.15) is 8.42 Å². The van der Waals surface area contributed by atoms with Gasteiger partial charge in [0.2, 0.25) is 0 Å². The maximum Gasteiger partial charge on any atom is 0.276 e. The lowest BCUT2D eigenvalue weighted by atomic mass is 9.86. The van der Waals surface area contributed by atoms with Crippen LogP contribution in [0, 0.1) is 11.7 Å². The van der Waals surface area contributed by atoms with Gasteiger partial charge in [-0.15, -0.1) is 0 Å². The first-order valence-corrected chi connectivity index (χ1v) is 10.3. The van der Waals surface area contributed by atoms with Crippen LogP contribution in [-0.2, 0) is 10.2 Å². The number of hydrogen-bond donors (Lipinski definition) is 3. The molecule has 9 heteroatoms. The number of aromatic nitrogens is 1. The van der Waals surface area contributed by atoms with Crippen molar-refractivity contribution in [3.05, 3.63) is 24.0 Å². The Morgan fingerprint density at radius 2 is 2.04 bits per heavy atom. The molecular weight excluding hydrogens is 351 g/mol. The molecule has 0 amide bonds. The molecule has 132 valence electrons. The van der Waals surface area contributed by atoms with Gasteiger partial charge in [0.25, 0.3) is 10.2 Å². The summed E-state index contributed by atoms with van der Waals surface area (Å²) in [5, 5.41) is 4.24. The summed E-state index contributed by atoms with van der Waals surface area (Å²) in [5.74, 6) is 0.109. The number of hydrogen-bond acceptors (Lipinski definition) is 5. The Bertz CT molecular complexity index is 801. The molecule has 3 rings (SSSR count). The number of rotatable bonds is 6. The van der Waals surface area contributed by atoms with Gasteiger partial charge in [0, 0.05) is 19.6 Å². The molecule has 0 saturated heterocycles. The molecule has 24 heavy (non-hydrogen) atoms. The number of nitrogens with zero attached hydrogens (tertiary/aromatic N) is 1. The van der Waals surface area contributed by atoms with Gasteiger partial charge < -0.3 is 5.32 Å². The zero-order valence-corrected chi connectivity index (χ0v) is 15.0. The molecule has 0 radical (unpaired) electrons. The fourth-order valence-corrected chi connectivity index (χ4v) is 4.51. The van der Waals surface area contributed by atoms with Gasteiger partial charge in [0.1, 0.15) is 5.82 Å². The predicted octanol–water partition coefficient (Wildman–Crippen LogP) is 2.46. The Labute approximate surface area is 145 Å². The highest BCUT2D eigenvalue weighted by Gasteiger charge is 2.23. The second-order valence-corrected chi connectivity index (χ2v) is 8.78. The molecule has 0 atom stereocenters. The van der Waals surface area contributed by atoms with Gasteiger partial charge in [-0.3, -0.25) is 0 Å². The SMILES string of the molecule is CNS(=O)(=O)NCC1CCC(Nc2nc3ccc(F)cc3s2)CC1. The van der Waals surface area contributed by atoms with Crippen molar-refractivity contribution in [2.45, 2.75) is 31.7 Å². The van der Waals surface area contributed by atoms with Crippen molar-refractivity contribution >= 4 is 36.9 Å². The smallest absolute Gasteiger partial charge is 0.276 e. The number of nitrogens with one attached hydrogen (secondary N) is 3. The van der Waals surface area contributed by atoms with Crippen LogP contribution >= 0.6 is 11.3 Å². The Morgan fingerprint density at radius 3 is 2.75 bits per heavy atom. The maximum atomic E-state index is 13.2. The molecule has 0 aliphatic heterocycles. The molecule has 0 spiro atoms. The fourth-order valence-electron chi connectivity index (χ4n) is 2.95. The molecule has 1 saturated carbocycles. The van der Waals surface area contributed by atoms with Crippen LogP contribution in [0.1, 0.15) is 25.7 Å². The highest BCUT2D eigenvalue weighted by molar-refractivity contribution is 7.87. The van der Waals surface area contributed by atoms with Crippen LogP contribution < -0.4 is 14.8 Å². The molecule has 1 fully saturated rings. The third-order valence-electron chi connectivity index (χ3n) is 4.36. The van der Waals surface area contributed by atoms with Crippen molar-refractivity contribution in [2.24, 2.45) is 5.92 Å². The van der Waals surface area contributed by atoms with Gasteiger partial charge in [-0.05, 0) is 49.8 Å². The third kappa shape index (κ3) is 4.41. The molecule has 1 heterocycles. The molecule has 1 aromatic carbocycles. The molecule has 1 aromatic heterocycles. The van der Waals surface area contributed by atoms with E-state index < -0.39 is 10.2 Å². The molecule has 2 aromatic rings. The number of anilines is 1. The average Bonchev–Trinajstić information content (AvgIpc) is 2.95. The summed E-state index contributed by atoms with van der Waals surface area (Å²) in [5.41, 5.74) is 0.805. The van der Waals surface area contributed by atoms with Crippen LogP contribution in [0.4, 0.5) is 9.52 Å². The van der Waals surface area contributed by atoms with E-state index in [1.807, 2.05) is 0 Å². The third-order valence-corrected chi connectivity index (χ3v) is 6.39. The zero-order valence-electron chi connectivity index (χ0n) is 13.4. The van der Waals surface area contributed by atoms with E-state index in [1.165, 1.54) is 30.5 Å². The van der Waals surface area contributed by atoms with Crippen LogP contribution in [-0.4, -0.2) is 33.0 Å². The van der Waals surface area contributed by atoms with Gasteiger partial charge in [0.05, 0.1) is 10.2 Å². The van der Waals surface area contributed by atoms with E-state index in [-0.39, 0.29) is 5.82 Å². The van der Waals surface area contributed by atoms with Crippen LogP contribution in [0.25, 0.3) is 10.2 Å². The first-order chi connectivity index (χ1) is 11.4. The summed E-state index contributed by atoms with van der Waals surface area (Å²) in [6.45, 7) is 0.469. The van der Waals surface area contributed by atoms with E-state index in [9.17, 15) is 12.8 Å². The zero-order chi connectivity index (χ0) is 17.2. The molecular formula is C15H21FN4O2S2. The summed E-state index contributed by atoms with van der Waals surface area (Å²) in [4.78, 5) is 4.49. The van der Waals surface area contributed by atoms with E-state index in [0.717, 1.165) is 41.0 Å².